The number of allylic oxidation sites excluding steroid dienone is 4. The molecule has 0 bridgehead atoms. The van der Waals surface area contributed by atoms with Crippen LogP contribution in [0.1, 0.15) is 53.4 Å². The molecule has 3 aliphatic carbocycles. The van der Waals surface area contributed by atoms with Crippen molar-refractivity contribution in [2.75, 3.05) is 6.61 Å². The maximum atomic E-state index is 12.1. The van der Waals surface area contributed by atoms with Gasteiger partial charge in [-0.15, -0.1) is 0 Å². The lowest BCUT2D eigenvalue weighted by Crippen LogP contribution is -2.64. The van der Waals surface area contributed by atoms with Gasteiger partial charge in [-0.05, 0) is 48.2 Å². The van der Waals surface area contributed by atoms with Crippen LogP contribution >= 0.6 is 0 Å². The molecule has 8 atom stereocenters. The van der Waals surface area contributed by atoms with Crippen LogP contribution in [0.2, 0.25) is 0 Å². The predicted octanol–water partition coefficient (Wildman–Crippen LogP) is 2.84. The predicted molar refractivity (Wildman–Crippen MR) is 114 cm³/mol. The molecule has 2 saturated heterocycles. The first kappa shape index (κ1) is 21.5. The molecule has 31 heavy (non-hydrogen) atoms. The van der Waals surface area contributed by atoms with E-state index in [1.165, 1.54) is 16.7 Å². The van der Waals surface area contributed by atoms with Crippen molar-refractivity contribution in [3.05, 3.63) is 34.4 Å². The zero-order chi connectivity index (χ0) is 22.1. The van der Waals surface area contributed by atoms with Crippen molar-refractivity contribution in [1.29, 1.82) is 0 Å². The first-order chi connectivity index (χ1) is 14.7. The zero-order valence-electron chi connectivity index (χ0n) is 18.8. The Morgan fingerprint density at radius 3 is 2.61 bits per heavy atom. The van der Waals surface area contributed by atoms with E-state index in [-0.39, 0.29) is 17.4 Å². The summed E-state index contributed by atoms with van der Waals surface area (Å²) in [6.45, 7) is 9.12. The molecular weight excluding hydrogens is 396 g/mol. The topological polar surface area (TPSA) is 85.2 Å². The van der Waals surface area contributed by atoms with Crippen LogP contribution in [0.25, 0.3) is 0 Å². The van der Waals surface area contributed by atoms with Gasteiger partial charge in [0.05, 0.1) is 6.61 Å². The Hall–Kier alpha value is -1.31. The molecule has 0 aromatic carbocycles. The van der Waals surface area contributed by atoms with Crippen LogP contribution < -0.4 is 0 Å². The largest absolute Gasteiger partial charge is 0.388 e. The maximum Gasteiger partial charge on any atom is 0.187 e. The minimum absolute atomic E-state index is 0.000408. The van der Waals surface area contributed by atoms with Gasteiger partial charge in [-0.3, -0.25) is 4.79 Å². The number of carbonyl (C=O) groups excluding carboxylic acids is 1. The third kappa shape index (κ3) is 3.06. The van der Waals surface area contributed by atoms with Gasteiger partial charge in [-0.1, -0.05) is 45.4 Å². The molecule has 6 nitrogen and oxygen atoms in total. The lowest BCUT2D eigenvalue weighted by molar-refractivity contribution is -0.354. The molecule has 0 aromatic heterocycles. The molecule has 5 aliphatic rings. The SMILES string of the molecule is CC(C)C1=C2C3=CC=C(C=O)[C@H]4O[C@H]5[C@@H](OC[C@@H](O)[C@@H]5O)O[C@@H]4[C@]3(C)CC[C@@]2(C)CC1. The molecule has 2 heterocycles. The first-order valence-corrected chi connectivity index (χ1v) is 11.6. The zero-order valence-corrected chi connectivity index (χ0v) is 18.8. The Morgan fingerprint density at radius 1 is 1.13 bits per heavy atom. The fourth-order valence-corrected chi connectivity index (χ4v) is 6.50. The van der Waals surface area contributed by atoms with E-state index in [0.717, 1.165) is 32.0 Å². The van der Waals surface area contributed by atoms with E-state index < -0.39 is 36.8 Å². The summed E-state index contributed by atoms with van der Waals surface area (Å²) in [5.74, 6) is 0.472. The van der Waals surface area contributed by atoms with E-state index in [0.29, 0.717) is 11.5 Å². The van der Waals surface area contributed by atoms with Crippen molar-refractivity contribution in [2.24, 2.45) is 16.7 Å². The van der Waals surface area contributed by atoms with Gasteiger partial charge in [0.15, 0.2) is 6.29 Å². The number of aldehydes is 1. The van der Waals surface area contributed by atoms with Crippen molar-refractivity contribution in [3.8, 4) is 0 Å². The summed E-state index contributed by atoms with van der Waals surface area (Å²) in [6.07, 6.45) is 4.32. The molecule has 0 unspecified atom stereocenters. The number of ether oxygens (including phenoxy) is 3. The van der Waals surface area contributed by atoms with Crippen molar-refractivity contribution >= 4 is 6.29 Å². The Morgan fingerprint density at radius 2 is 1.90 bits per heavy atom. The Balaban J connectivity index is 1.60. The summed E-state index contributed by atoms with van der Waals surface area (Å²) in [5, 5.41) is 20.5. The van der Waals surface area contributed by atoms with Gasteiger partial charge in [0.25, 0.3) is 0 Å². The highest BCUT2D eigenvalue weighted by Gasteiger charge is 2.59. The summed E-state index contributed by atoms with van der Waals surface area (Å²) in [5.41, 5.74) is 4.53. The molecule has 2 N–H and O–H groups in total. The summed E-state index contributed by atoms with van der Waals surface area (Å²) < 4.78 is 18.5. The number of aliphatic hydroxyl groups is 2. The van der Waals surface area contributed by atoms with Gasteiger partial charge < -0.3 is 24.4 Å². The van der Waals surface area contributed by atoms with Crippen LogP contribution in [-0.2, 0) is 19.0 Å². The van der Waals surface area contributed by atoms with Gasteiger partial charge in [0.2, 0.25) is 0 Å². The lowest BCUT2D eigenvalue weighted by Gasteiger charge is -2.54. The number of carbonyl (C=O) groups is 1. The quantitative estimate of drug-likeness (QED) is 0.656. The molecular formula is C25H34O6. The minimum atomic E-state index is -1.11. The standard InChI is InChI=1S/C25H34O6/c1-13(2)15-7-8-24(3)9-10-25(4)16(18(15)24)6-5-14(11-26)20-22(25)31-23-21(30-20)19(28)17(27)12-29-23/h5-6,11,13,17,19-23,27-28H,7-10,12H2,1-4H3/t17-,19+,20-,21-,22+,23+,24-,25-/m1/s1. The van der Waals surface area contributed by atoms with Crippen molar-refractivity contribution in [1.82, 2.24) is 0 Å². The van der Waals surface area contributed by atoms with Crippen LogP contribution in [0.5, 0.6) is 0 Å². The van der Waals surface area contributed by atoms with Gasteiger partial charge in [0, 0.05) is 11.0 Å². The maximum absolute atomic E-state index is 12.1. The second-order valence-corrected chi connectivity index (χ2v) is 10.7. The van der Waals surface area contributed by atoms with Crippen molar-refractivity contribution < 1.29 is 29.2 Å². The van der Waals surface area contributed by atoms with E-state index in [1.807, 2.05) is 6.08 Å². The summed E-state index contributed by atoms with van der Waals surface area (Å²) in [7, 11) is 0. The van der Waals surface area contributed by atoms with Gasteiger partial charge in [-0.2, -0.15) is 0 Å². The summed E-state index contributed by atoms with van der Waals surface area (Å²) in [6, 6.07) is 0. The summed E-state index contributed by atoms with van der Waals surface area (Å²) >= 11 is 0. The molecule has 1 saturated carbocycles. The molecule has 6 heteroatoms. The van der Waals surface area contributed by atoms with Crippen LogP contribution in [0.15, 0.2) is 34.4 Å². The van der Waals surface area contributed by atoms with E-state index in [1.54, 1.807) is 0 Å². The molecule has 0 radical (unpaired) electrons. The van der Waals surface area contributed by atoms with Gasteiger partial charge in [-0.25, -0.2) is 0 Å². The first-order valence-electron chi connectivity index (χ1n) is 11.6. The molecule has 3 fully saturated rings. The third-order valence-electron chi connectivity index (χ3n) is 8.47. The van der Waals surface area contributed by atoms with Crippen LogP contribution in [0.3, 0.4) is 0 Å². The summed E-state index contributed by atoms with van der Waals surface area (Å²) in [4.78, 5) is 12.1. The van der Waals surface area contributed by atoms with Gasteiger partial charge in [0.1, 0.15) is 36.8 Å². The monoisotopic (exact) mass is 430 g/mol. The number of aliphatic hydroxyl groups excluding tert-OH is 2. The molecule has 0 amide bonds. The van der Waals surface area contributed by atoms with Crippen molar-refractivity contribution in [3.63, 3.8) is 0 Å². The molecule has 0 spiro atoms. The minimum Gasteiger partial charge on any atom is -0.388 e. The lowest BCUT2D eigenvalue weighted by atomic mass is 9.57. The Bertz CT molecular complexity index is 871. The van der Waals surface area contributed by atoms with Gasteiger partial charge >= 0.3 is 0 Å². The average molecular weight is 431 g/mol. The average Bonchev–Trinajstić information content (AvgIpc) is 3.04. The van der Waals surface area contributed by atoms with E-state index in [2.05, 4.69) is 33.8 Å². The van der Waals surface area contributed by atoms with Crippen LogP contribution in [-0.4, -0.2) is 59.9 Å². The molecule has 5 rings (SSSR count). The number of hydrogen-bond acceptors (Lipinski definition) is 6. The highest BCUT2D eigenvalue weighted by Crippen LogP contribution is 2.63. The molecule has 170 valence electrons. The third-order valence-corrected chi connectivity index (χ3v) is 8.47. The van der Waals surface area contributed by atoms with E-state index >= 15 is 0 Å². The number of rotatable bonds is 2. The highest BCUT2D eigenvalue weighted by atomic mass is 16.7. The fraction of sp³-hybridized carbons (Fsp3) is 0.720. The second kappa shape index (κ2) is 7.35. The van der Waals surface area contributed by atoms with E-state index in [9.17, 15) is 15.0 Å². The van der Waals surface area contributed by atoms with Crippen LogP contribution in [0, 0.1) is 16.7 Å². The fourth-order valence-electron chi connectivity index (χ4n) is 6.50. The smallest absolute Gasteiger partial charge is 0.187 e. The molecule has 0 aromatic rings. The van der Waals surface area contributed by atoms with Crippen LogP contribution in [0.4, 0.5) is 0 Å². The Labute approximate surface area is 183 Å². The Kier molecular flexibility index (Phi) is 5.11. The van der Waals surface area contributed by atoms with E-state index in [4.69, 9.17) is 14.2 Å². The number of fused-ring (bicyclic) bond motifs is 6. The normalized spacial score (nSPS) is 46.9. The number of hydrogen-bond donors (Lipinski definition) is 2. The second-order valence-electron chi connectivity index (χ2n) is 10.7. The van der Waals surface area contributed by atoms with Crippen molar-refractivity contribution in [2.45, 2.75) is 90.2 Å². The molecule has 2 aliphatic heterocycles. The highest BCUT2D eigenvalue weighted by molar-refractivity contribution is 5.76.